The van der Waals surface area contributed by atoms with E-state index in [0.717, 1.165) is 0 Å². The zero-order valence-corrected chi connectivity index (χ0v) is 16.8. The fraction of sp³-hybridized carbons (Fsp3) is 0.600. The zero-order valence-electron chi connectivity index (χ0n) is 16.8. The third kappa shape index (κ3) is 5.46. The van der Waals surface area contributed by atoms with E-state index in [1.807, 2.05) is 0 Å². The van der Waals surface area contributed by atoms with Gasteiger partial charge < -0.3 is 19.5 Å². The SMILES string of the molecule is COC(=O)c1cc(NC(=O)C(CC(C)C)(CC(C)C)OC)ccc1OC. The number of rotatable bonds is 9. The second kappa shape index (κ2) is 9.57. The molecule has 0 aliphatic carbocycles. The molecule has 146 valence electrons. The average Bonchev–Trinajstić information content (AvgIpc) is 2.59. The molecular formula is C20H31NO5. The maximum atomic E-state index is 13.1. The highest BCUT2D eigenvalue weighted by atomic mass is 16.5. The highest BCUT2D eigenvalue weighted by Gasteiger charge is 2.39. The van der Waals surface area contributed by atoms with Crippen molar-refractivity contribution in [3.05, 3.63) is 23.8 Å². The average molecular weight is 365 g/mol. The summed E-state index contributed by atoms with van der Waals surface area (Å²) in [5.74, 6) is 0.225. The molecule has 1 aromatic carbocycles. The number of methoxy groups -OCH3 is 3. The number of carbonyl (C=O) groups excluding carboxylic acids is 2. The first-order valence-corrected chi connectivity index (χ1v) is 8.82. The van der Waals surface area contributed by atoms with Gasteiger partial charge in [-0.2, -0.15) is 0 Å². The van der Waals surface area contributed by atoms with E-state index in [2.05, 4.69) is 33.0 Å². The van der Waals surface area contributed by atoms with Gasteiger partial charge in [0.25, 0.3) is 5.91 Å². The highest BCUT2D eigenvalue weighted by molar-refractivity contribution is 5.99. The molecule has 1 rings (SSSR count). The van der Waals surface area contributed by atoms with Crippen LogP contribution in [0.3, 0.4) is 0 Å². The lowest BCUT2D eigenvalue weighted by Gasteiger charge is -2.34. The van der Waals surface area contributed by atoms with Crippen molar-refractivity contribution in [2.75, 3.05) is 26.6 Å². The van der Waals surface area contributed by atoms with Gasteiger partial charge in [-0.3, -0.25) is 4.79 Å². The number of hydrogen-bond acceptors (Lipinski definition) is 5. The van der Waals surface area contributed by atoms with E-state index >= 15 is 0 Å². The Morgan fingerprint density at radius 2 is 1.62 bits per heavy atom. The summed E-state index contributed by atoms with van der Waals surface area (Å²) in [6, 6.07) is 4.86. The molecule has 1 aromatic rings. The van der Waals surface area contributed by atoms with E-state index < -0.39 is 11.6 Å². The Morgan fingerprint density at radius 3 is 2.04 bits per heavy atom. The molecule has 0 saturated heterocycles. The summed E-state index contributed by atoms with van der Waals surface area (Å²) in [5.41, 5.74) is -0.179. The first kappa shape index (κ1) is 22.0. The van der Waals surface area contributed by atoms with Crippen LogP contribution in [0.25, 0.3) is 0 Å². The zero-order chi connectivity index (χ0) is 19.9. The Balaban J connectivity index is 3.17. The summed E-state index contributed by atoms with van der Waals surface area (Å²) in [5, 5.41) is 2.89. The van der Waals surface area contributed by atoms with Crippen molar-refractivity contribution in [2.45, 2.75) is 46.1 Å². The first-order chi connectivity index (χ1) is 12.2. The number of anilines is 1. The molecule has 26 heavy (non-hydrogen) atoms. The van der Waals surface area contributed by atoms with Crippen LogP contribution in [-0.2, 0) is 14.3 Å². The van der Waals surface area contributed by atoms with Gasteiger partial charge in [-0.15, -0.1) is 0 Å². The largest absolute Gasteiger partial charge is 0.496 e. The molecule has 0 saturated carbocycles. The van der Waals surface area contributed by atoms with Crippen molar-refractivity contribution in [2.24, 2.45) is 11.8 Å². The van der Waals surface area contributed by atoms with Gasteiger partial charge >= 0.3 is 5.97 Å². The lowest BCUT2D eigenvalue weighted by atomic mass is 9.84. The molecule has 1 amide bonds. The molecule has 0 radical (unpaired) electrons. The topological polar surface area (TPSA) is 73.9 Å². The van der Waals surface area contributed by atoms with Gasteiger partial charge in [-0.05, 0) is 42.9 Å². The Kier molecular flexibility index (Phi) is 8.08. The second-order valence-electron chi connectivity index (χ2n) is 7.26. The molecule has 6 heteroatoms. The minimum absolute atomic E-state index is 0.219. The van der Waals surface area contributed by atoms with Crippen molar-refractivity contribution in [1.29, 1.82) is 0 Å². The Hall–Kier alpha value is -2.08. The van der Waals surface area contributed by atoms with E-state index in [0.29, 0.717) is 36.1 Å². The summed E-state index contributed by atoms with van der Waals surface area (Å²) < 4.78 is 15.7. The Morgan fingerprint density at radius 1 is 1.04 bits per heavy atom. The van der Waals surface area contributed by atoms with E-state index in [1.165, 1.54) is 14.2 Å². The highest BCUT2D eigenvalue weighted by Crippen LogP contribution is 2.31. The number of ether oxygens (including phenoxy) is 3. The van der Waals surface area contributed by atoms with Crippen LogP contribution in [-0.4, -0.2) is 38.8 Å². The monoisotopic (exact) mass is 365 g/mol. The predicted molar refractivity (Wildman–Crippen MR) is 102 cm³/mol. The van der Waals surface area contributed by atoms with Crippen molar-refractivity contribution in [3.63, 3.8) is 0 Å². The van der Waals surface area contributed by atoms with E-state index in [4.69, 9.17) is 14.2 Å². The van der Waals surface area contributed by atoms with Crippen LogP contribution >= 0.6 is 0 Å². The lowest BCUT2D eigenvalue weighted by molar-refractivity contribution is -0.142. The summed E-state index contributed by atoms with van der Waals surface area (Å²) >= 11 is 0. The van der Waals surface area contributed by atoms with Gasteiger partial charge in [0.15, 0.2) is 0 Å². The molecule has 1 N–H and O–H groups in total. The summed E-state index contributed by atoms with van der Waals surface area (Å²) in [7, 11) is 4.34. The van der Waals surface area contributed by atoms with Crippen LogP contribution in [0.15, 0.2) is 18.2 Å². The number of esters is 1. The molecule has 0 aromatic heterocycles. The first-order valence-electron chi connectivity index (χ1n) is 8.82. The molecule has 0 bridgehead atoms. The standard InChI is InChI=1S/C20H31NO5/c1-13(2)11-20(26-7,12-14(3)4)19(23)21-15-8-9-17(24-5)16(10-15)18(22)25-6/h8-10,13-14H,11-12H2,1-7H3,(H,21,23). The smallest absolute Gasteiger partial charge is 0.341 e. The van der Waals surface area contributed by atoms with Crippen LogP contribution in [0.5, 0.6) is 5.75 Å². The molecule has 6 nitrogen and oxygen atoms in total. The lowest BCUT2D eigenvalue weighted by Crippen LogP contribution is -2.47. The number of amides is 1. The molecular weight excluding hydrogens is 334 g/mol. The fourth-order valence-electron chi connectivity index (χ4n) is 3.15. The van der Waals surface area contributed by atoms with Crippen molar-refractivity contribution >= 4 is 17.6 Å². The van der Waals surface area contributed by atoms with Gasteiger partial charge in [-0.25, -0.2) is 4.79 Å². The second-order valence-corrected chi connectivity index (χ2v) is 7.26. The van der Waals surface area contributed by atoms with Crippen LogP contribution in [0.2, 0.25) is 0 Å². The molecule has 0 heterocycles. The minimum Gasteiger partial charge on any atom is -0.496 e. The van der Waals surface area contributed by atoms with E-state index in [1.54, 1.807) is 25.3 Å². The Labute approximate surface area is 156 Å². The molecule has 0 aliphatic heterocycles. The fourth-order valence-corrected chi connectivity index (χ4v) is 3.15. The maximum absolute atomic E-state index is 13.1. The van der Waals surface area contributed by atoms with Crippen LogP contribution in [0.4, 0.5) is 5.69 Å². The molecule has 0 spiro atoms. The number of carbonyl (C=O) groups is 2. The van der Waals surface area contributed by atoms with Crippen molar-refractivity contribution in [1.82, 2.24) is 0 Å². The molecule has 0 aliphatic rings. The molecule has 0 atom stereocenters. The number of benzene rings is 1. The summed E-state index contributed by atoms with van der Waals surface area (Å²) in [6.45, 7) is 8.24. The van der Waals surface area contributed by atoms with Gasteiger partial charge in [-0.1, -0.05) is 27.7 Å². The van der Waals surface area contributed by atoms with Crippen molar-refractivity contribution < 1.29 is 23.8 Å². The Bertz CT molecular complexity index is 615. The quantitative estimate of drug-likeness (QED) is 0.672. The normalized spacial score (nSPS) is 11.6. The van der Waals surface area contributed by atoms with Crippen LogP contribution < -0.4 is 10.1 Å². The van der Waals surface area contributed by atoms with Crippen LogP contribution in [0, 0.1) is 11.8 Å². The third-order valence-electron chi connectivity index (χ3n) is 4.14. The number of nitrogens with one attached hydrogen (secondary N) is 1. The van der Waals surface area contributed by atoms with E-state index in [9.17, 15) is 9.59 Å². The van der Waals surface area contributed by atoms with Crippen molar-refractivity contribution in [3.8, 4) is 5.75 Å². The minimum atomic E-state index is -0.923. The number of hydrogen-bond donors (Lipinski definition) is 1. The third-order valence-corrected chi connectivity index (χ3v) is 4.14. The summed E-state index contributed by atoms with van der Waals surface area (Å²) in [6.07, 6.45) is 1.21. The van der Waals surface area contributed by atoms with Gasteiger partial charge in [0, 0.05) is 12.8 Å². The molecule has 0 unspecified atom stereocenters. The van der Waals surface area contributed by atoms with Gasteiger partial charge in [0.05, 0.1) is 14.2 Å². The van der Waals surface area contributed by atoms with Crippen LogP contribution in [0.1, 0.15) is 50.9 Å². The van der Waals surface area contributed by atoms with Gasteiger partial charge in [0.1, 0.15) is 16.9 Å². The maximum Gasteiger partial charge on any atom is 0.341 e. The molecule has 0 fully saturated rings. The van der Waals surface area contributed by atoms with E-state index in [-0.39, 0.29) is 11.5 Å². The summed E-state index contributed by atoms with van der Waals surface area (Å²) in [4.78, 5) is 25.0. The van der Waals surface area contributed by atoms with Gasteiger partial charge in [0.2, 0.25) is 0 Å². The predicted octanol–water partition coefficient (Wildman–Crippen LogP) is 3.90.